The first kappa shape index (κ1) is 25.5. The van der Waals surface area contributed by atoms with Gasteiger partial charge in [0.1, 0.15) is 6.10 Å². The van der Waals surface area contributed by atoms with Crippen LogP contribution >= 0.6 is 0 Å². The van der Waals surface area contributed by atoms with Crippen LogP contribution in [0.1, 0.15) is 65.7 Å². The van der Waals surface area contributed by atoms with E-state index in [9.17, 15) is 41.0 Å². The molecule has 0 aliphatic heterocycles. The van der Waals surface area contributed by atoms with E-state index >= 15 is 0 Å². The van der Waals surface area contributed by atoms with Crippen LogP contribution in [0.3, 0.4) is 0 Å². The number of carbonyl (C=O) groups excluding carboxylic acids is 2. The van der Waals surface area contributed by atoms with Gasteiger partial charge in [-0.05, 0) is 74.2 Å². The summed E-state index contributed by atoms with van der Waals surface area (Å²) in [4.78, 5) is 24.2. The molecule has 0 aromatic carbocycles. The zero-order valence-corrected chi connectivity index (χ0v) is 19.4. The zero-order chi connectivity index (χ0) is 25.5. The summed E-state index contributed by atoms with van der Waals surface area (Å²) in [6, 6.07) is 0. The summed E-state index contributed by atoms with van der Waals surface area (Å²) >= 11 is 0. The van der Waals surface area contributed by atoms with Crippen LogP contribution < -0.4 is 0 Å². The second-order valence-electron chi connectivity index (χ2n) is 11.1. The molecule has 7 unspecified atom stereocenters. The molecule has 0 heterocycles. The molecule has 34 heavy (non-hydrogen) atoms. The minimum absolute atomic E-state index is 0.0279. The van der Waals surface area contributed by atoms with Gasteiger partial charge in [0, 0.05) is 12.3 Å². The smallest absolute Gasteiger partial charge is 0.427 e. The number of halogens is 6. The largest absolute Gasteiger partial charge is 0.462 e. The highest BCUT2D eigenvalue weighted by molar-refractivity contribution is 5.95. The van der Waals surface area contributed by atoms with Gasteiger partial charge in [0.05, 0.1) is 5.92 Å². The average molecular weight is 496 g/mol. The maximum Gasteiger partial charge on any atom is 0.427 e. The van der Waals surface area contributed by atoms with Gasteiger partial charge >= 0.3 is 18.3 Å². The zero-order valence-electron chi connectivity index (χ0n) is 19.4. The van der Waals surface area contributed by atoms with Gasteiger partial charge in [-0.1, -0.05) is 19.4 Å². The molecule has 1 N–H and O–H groups in total. The molecule has 0 bridgehead atoms. The molecule has 10 heteroatoms. The number of esters is 1. The molecule has 4 rings (SSSR count). The van der Waals surface area contributed by atoms with E-state index in [1.165, 1.54) is 6.92 Å². The summed E-state index contributed by atoms with van der Waals surface area (Å²) in [5.74, 6) is -4.41. The lowest BCUT2D eigenvalue weighted by atomic mass is 9.46. The monoisotopic (exact) mass is 496 g/mol. The van der Waals surface area contributed by atoms with E-state index in [2.05, 4.69) is 6.92 Å². The van der Waals surface area contributed by atoms with Gasteiger partial charge in [0.25, 0.3) is 5.60 Å². The molecule has 0 saturated heterocycles. The SMILES string of the molecule is CC(=O)OC1CCC2C3CCC4=CC(=O)C(C(O)(C(F)(F)F)C(F)(F)F)CC4(C)C3CCC12C. The molecule has 7 atom stereocenters. The standard InChI is InChI=1S/C24H30F6O4/c1-12(31)34-19-7-6-15-14-5-4-13-10-18(32)17(22(33,23(25,26)27)24(28,29)30)11-21(13,3)16(14)8-9-20(15,19)2/h10,14-17,19,33H,4-9,11H2,1-3H3. The van der Waals surface area contributed by atoms with Gasteiger partial charge in [-0.15, -0.1) is 0 Å². The fourth-order valence-electron chi connectivity index (χ4n) is 7.90. The van der Waals surface area contributed by atoms with Crippen LogP contribution in [0, 0.1) is 34.5 Å². The fraction of sp³-hybridized carbons (Fsp3) is 0.833. The van der Waals surface area contributed by atoms with Gasteiger partial charge in [-0.2, -0.15) is 26.3 Å². The van der Waals surface area contributed by atoms with E-state index < -0.39 is 41.5 Å². The molecule has 192 valence electrons. The highest BCUT2D eigenvalue weighted by Crippen LogP contribution is 2.67. The maximum atomic E-state index is 13.6. The van der Waals surface area contributed by atoms with Crippen molar-refractivity contribution in [3.8, 4) is 0 Å². The maximum absolute atomic E-state index is 13.6. The predicted octanol–water partition coefficient (Wildman–Crippen LogP) is 5.53. The van der Waals surface area contributed by atoms with Gasteiger partial charge in [-0.25, -0.2) is 0 Å². The number of fused-ring (bicyclic) bond motifs is 5. The number of hydrogen-bond acceptors (Lipinski definition) is 4. The van der Waals surface area contributed by atoms with Crippen molar-refractivity contribution in [1.82, 2.24) is 0 Å². The van der Waals surface area contributed by atoms with Crippen LogP contribution in [0.2, 0.25) is 0 Å². The Balaban J connectivity index is 1.70. The Kier molecular flexibility index (Phi) is 5.78. The van der Waals surface area contributed by atoms with Gasteiger partial charge in [-0.3, -0.25) is 9.59 Å². The number of alkyl halides is 6. The molecule has 0 amide bonds. The molecule has 4 aliphatic rings. The highest BCUT2D eigenvalue weighted by Gasteiger charge is 2.76. The van der Waals surface area contributed by atoms with E-state index in [1.54, 1.807) is 6.92 Å². The number of ether oxygens (including phenoxy) is 1. The molecule has 0 aromatic rings. The van der Waals surface area contributed by atoms with Crippen molar-refractivity contribution in [2.75, 3.05) is 0 Å². The molecule has 0 spiro atoms. The first-order valence-electron chi connectivity index (χ1n) is 11.7. The lowest BCUT2D eigenvalue weighted by Crippen LogP contribution is -2.65. The molecule has 4 aliphatic carbocycles. The third-order valence-corrected chi connectivity index (χ3v) is 9.61. The molecular weight excluding hydrogens is 466 g/mol. The summed E-state index contributed by atoms with van der Waals surface area (Å²) in [6.45, 7) is 5.06. The topological polar surface area (TPSA) is 63.6 Å². The van der Waals surface area contributed by atoms with E-state index in [0.29, 0.717) is 37.7 Å². The van der Waals surface area contributed by atoms with Crippen LogP contribution in [-0.4, -0.2) is 40.9 Å². The van der Waals surface area contributed by atoms with Crippen LogP contribution in [0.5, 0.6) is 0 Å². The summed E-state index contributed by atoms with van der Waals surface area (Å²) in [7, 11) is 0. The van der Waals surface area contributed by atoms with Crippen molar-refractivity contribution in [2.24, 2.45) is 34.5 Å². The summed E-state index contributed by atoms with van der Waals surface area (Å²) in [6.07, 6.45) is -8.41. The Hall–Kier alpha value is -1.58. The van der Waals surface area contributed by atoms with Crippen molar-refractivity contribution >= 4 is 11.8 Å². The van der Waals surface area contributed by atoms with E-state index in [0.717, 1.165) is 12.5 Å². The third-order valence-electron chi connectivity index (χ3n) is 9.61. The number of hydrogen-bond donors (Lipinski definition) is 1. The molecule has 4 nitrogen and oxygen atoms in total. The van der Waals surface area contributed by atoms with E-state index in [-0.39, 0.29) is 35.2 Å². The van der Waals surface area contributed by atoms with Gasteiger partial charge in [0.15, 0.2) is 5.78 Å². The Labute approximate surface area is 194 Å². The quantitative estimate of drug-likeness (QED) is 0.403. The lowest BCUT2D eigenvalue weighted by Gasteiger charge is -2.59. The molecule has 0 radical (unpaired) electrons. The van der Waals surface area contributed by atoms with Gasteiger partial charge < -0.3 is 9.84 Å². The number of rotatable bonds is 2. The predicted molar refractivity (Wildman–Crippen MR) is 108 cm³/mol. The number of allylic oxidation sites excluding steroid dienone is 1. The molecule has 3 saturated carbocycles. The number of aliphatic hydroxyl groups is 1. The Morgan fingerprint density at radius 2 is 1.65 bits per heavy atom. The Morgan fingerprint density at radius 1 is 1.03 bits per heavy atom. The second-order valence-corrected chi connectivity index (χ2v) is 11.1. The van der Waals surface area contributed by atoms with Crippen molar-refractivity contribution in [1.29, 1.82) is 0 Å². The highest BCUT2D eigenvalue weighted by atomic mass is 19.4. The minimum atomic E-state index is -6.05. The third kappa shape index (κ3) is 3.45. The van der Waals surface area contributed by atoms with Crippen LogP contribution in [0.25, 0.3) is 0 Å². The average Bonchev–Trinajstić information content (AvgIpc) is 3.01. The molecular formula is C24H30F6O4. The van der Waals surface area contributed by atoms with Crippen LogP contribution in [-0.2, 0) is 14.3 Å². The Bertz CT molecular complexity index is 894. The first-order chi connectivity index (χ1) is 15.5. The Morgan fingerprint density at radius 3 is 2.21 bits per heavy atom. The minimum Gasteiger partial charge on any atom is -0.462 e. The second kappa shape index (κ2) is 7.71. The van der Waals surface area contributed by atoms with E-state index in [1.807, 2.05) is 0 Å². The molecule has 0 aromatic heterocycles. The summed E-state index contributed by atoms with van der Waals surface area (Å²) in [5, 5.41) is 10.0. The molecule has 3 fully saturated rings. The van der Waals surface area contributed by atoms with Crippen LogP contribution in [0.4, 0.5) is 26.3 Å². The lowest BCUT2D eigenvalue weighted by molar-refractivity contribution is -0.382. The summed E-state index contributed by atoms with van der Waals surface area (Å²) in [5.41, 5.74) is -5.88. The fourth-order valence-corrected chi connectivity index (χ4v) is 7.90. The normalized spacial score (nSPS) is 40.7. The van der Waals surface area contributed by atoms with Crippen LogP contribution in [0.15, 0.2) is 11.6 Å². The van der Waals surface area contributed by atoms with Crippen molar-refractivity contribution in [3.63, 3.8) is 0 Å². The van der Waals surface area contributed by atoms with Gasteiger partial charge in [0.2, 0.25) is 0 Å². The van der Waals surface area contributed by atoms with Crippen molar-refractivity contribution in [3.05, 3.63) is 11.6 Å². The first-order valence-corrected chi connectivity index (χ1v) is 11.7. The van der Waals surface area contributed by atoms with Crippen molar-refractivity contribution in [2.45, 2.75) is 89.8 Å². The summed E-state index contributed by atoms with van der Waals surface area (Å²) < 4.78 is 87.3. The van der Waals surface area contributed by atoms with Crippen molar-refractivity contribution < 1.29 is 45.8 Å². The van der Waals surface area contributed by atoms with E-state index in [4.69, 9.17) is 4.74 Å². The number of carbonyl (C=O) groups is 2. The number of ketones is 1.